The zero-order chi connectivity index (χ0) is 24.7. The third-order valence-corrected chi connectivity index (χ3v) is 7.00. The Morgan fingerprint density at radius 2 is 1.71 bits per heavy atom. The molecule has 5 rings (SSSR count). The number of para-hydroxylation sites is 1. The van der Waals surface area contributed by atoms with Gasteiger partial charge in [0.05, 0.1) is 28.4 Å². The highest BCUT2D eigenvalue weighted by atomic mass is 16.1. The summed E-state index contributed by atoms with van der Waals surface area (Å²) in [6.07, 6.45) is 1.77. The average Bonchev–Trinajstić information content (AvgIpc) is 3.20. The summed E-state index contributed by atoms with van der Waals surface area (Å²) >= 11 is 0. The Hall–Kier alpha value is -3.74. The summed E-state index contributed by atoms with van der Waals surface area (Å²) in [7, 11) is 0. The van der Waals surface area contributed by atoms with Crippen LogP contribution in [0.25, 0.3) is 16.6 Å². The SMILES string of the molecule is Cc1cc(C)c(NC(=O)[C@H]2CCCN(c3nnc(C)c4c(C)n(-c5ccccc5)nc34)C2)c(C)c1. The average molecular weight is 469 g/mol. The number of hydrogen-bond donors (Lipinski definition) is 1. The number of piperidine rings is 1. The lowest BCUT2D eigenvalue weighted by atomic mass is 9.96. The van der Waals surface area contributed by atoms with E-state index in [2.05, 4.69) is 46.4 Å². The quantitative estimate of drug-likeness (QED) is 0.445. The second kappa shape index (κ2) is 9.13. The van der Waals surface area contributed by atoms with Crippen molar-refractivity contribution < 1.29 is 4.79 Å². The molecule has 1 atom stereocenters. The fourth-order valence-electron chi connectivity index (χ4n) is 5.33. The predicted molar refractivity (Wildman–Crippen MR) is 140 cm³/mol. The topological polar surface area (TPSA) is 75.9 Å². The smallest absolute Gasteiger partial charge is 0.229 e. The van der Waals surface area contributed by atoms with Crippen molar-refractivity contribution in [2.24, 2.45) is 5.92 Å². The molecular formula is C28H32N6O. The van der Waals surface area contributed by atoms with E-state index in [1.807, 2.05) is 55.8 Å². The normalized spacial score (nSPS) is 16.0. The molecule has 7 nitrogen and oxygen atoms in total. The molecular weight excluding hydrogens is 436 g/mol. The molecule has 2 aromatic carbocycles. The number of hydrogen-bond acceptors (Lipinski definition) is 5. The van der Waals surface area contributed by atoms with Gasteiger partial charge in [-0.2, -0.15) is 10.2 Å². The second-order valence-corrected chi connectivity index (χ2v) is 9.71. The number of amides is 1. The van der Waals surface area contributed by atoms with Crippen LogP contribution in [0.5, 0.6) is 0 Å². The molecule has 1 aliphatic rings. The van der Waals surface area contributed by atoms with Gasteiger partial charge in [-0.05, 0) is 70.7 Å². The second-order valence-electron chi connectivity index (χ2n) is 9.71. The Bertz CT molecular complexity index is 1390. The number of aromatic nitrogens is 4. The molecule has 0 unspecified atom stereocenters. The number of fused-ring (bicyclic) bond motifs is 1. The van der Waals surface area contributed by atoms with Crippen molar-refractivity contribution >= 4 is 28.3 Å². The van der Waals surface area contributed by atoms with Crippen LogP contribution >= 0.6 is 0 Å². The molecule has 3 heterocycles. The molecule has 1 aliphatic heterocycles. The number of carbonyl (C=O) groups excluding carboxylic acids is 1. The molecule has 2 aromatic heterocycles. The molecule has 0 bridgehead atoms. The first kappa shape index (κ1) is 23.0. The van der Waals surface area contributed by atoms with Gasteiger partial charge in [-0.25, -0.2) is 4.68 Å². The number of nitrogens with zero attached hydrogens (tertiary/aromatic N) is 5. The Morgan fingerprint density at radius 3 is 2.43 bits per heavy atom. The maximum Gasteiger partial charge on any atom is 0.229 e. The molecule has 1 fully saturated rings. The number of anilines is 2. The van der Waals surface area contributed by atoms with Crippen molar-refractivity contribution in [1.82, 2.24) is 20.0 Å². The zero-order valence-electron chi connectivity index (χ0n) is 21.1. The summed E-state index contributed by atoms with van der Waals surface area (Å²) < 4.78 is 1.96. The lowest BCUT2D eigenvalue weighted by Gasteiger charge is -2.33. The molecule has 1 amide bonds. The maximum absolute atomic E-state index is 13.3. The van der Waals surface area contributed by atoms with E-state index in [4.69, 9.17) is 5.10 Å². The van der Waals surface area contributed by atoms with Gasteiger partial charge in [0.1, 0.15) is 5.52 Å². The predicted octanol–water partition coefficient (Wildman–Crippen LogP) is 5.21. The first-order chi connectivity index (χ1) is 16.8. The van der Waals surface area contributed by atoms with Gasteiger partial charge in [0.15, 0.2) is 5.82 Å². The van der Waals surface area contributed by atoms with E-state index in [0.717, 1.165) is 70.0 Å². The largest absolute Gasteiger partial charge is 0.352 e. The van der Waals surface area contributed by atoms with Crippen LogP contribution in [0.3, 0.4) is 0 Å². The van der Waals surface area contributed by atoms with Crippen LogP contribution in [0.4, 0.5) is 11.5 Å². The standard InChI is InChI=1S/C28H32N6O/c1-17-14-18(2)25(19(3)15-17)29-28(35)22-10-9-13-33(16-22)27-26-24(20(4)30-31-27)21(5)34(32-26)23-11-7-6-8-12-23/h6-8,11-12,14-15,22H,9-10,13,16H2,1-5H3,(H,29,35)/t22-/m0/s1. The monoisotopic (exact) mass is 468 g/mol. The van der Waals surface area contributed by atoms with Gasteiger partial charge in [-0.15, -0.1) is 5.10 Å². The molecule has 4 aromatic rings. The molecule has 0 saturated carbocycles. The van der Waals surface area contributed by atoms with Crippen molar-refractivity contribution in [3.63, 3.8) is 0 Å². The zero-order valence-corrected chi connectivity index (χ0v) is 21.1. The fraction of sp³-hybridized carbons (Fsp3) is 0.357. The number of rotatable bonds is 4. The first-order valence-corrected chi connectivity index (χ1v) is 12.2. The van der Waals surface area contributed by atoms with E-state index in [1.54, 1.807) is 0 Å². The summed E-state index contributed by atoms with van der Waals surface area (Å²) in [5, 5.41) is 18.2. The van der Waals surface area contributed by atoms with E-state index >= 15 is 0 Å². The minimum absolute atomic E-state index is 0.0621. The molecule has 180 valence electrons. The minimum atomic E-state index is -0.126. The van der Waals surface area contributed by atoms with Gasteiger partial charge in [0.2, 0.25) is 5.91 Å². The van der Waals surface area contributed by atoms with Crippen LogP contribution < -0.4 is 10.2 Å². The van der Waals surface area contributed by atoms with E-state index < -0.39 is 0 Å². The van der Waals surface area contributed by atoms with Crippen molar-refractivity contribution in [3.05, 3.63) is 70.5 Å². The molecule has 0 radical (unpaired) electrons. The van der Waals surface area contributed by atoms with Crippen LogP contribution in [0.15, 0.2) is 42.5 Å². The van der Waals surface area contributed by atoms with E-state index in [1.165, 1.54) is 5.56 Å². The van der Waals surface area contributed by atoms with Crippen molar-refractivity contribution in [3.8, 4) is 5.69 Å². The van der Waals surface area contributed by atoms with Gasteiger partial charge in [-0.1, -0.05) is 35.9 Å². The van der Waals surface area contributed by atoms with Crippen LogP contribution in [0.2, 0.25) is 0 Å². The van der Waals surface area contributed by atoms with Gasteiger partial charge in [-0.3, -0.25) is 4.79 Å². The van der Waals surface area contributed by atoms with Crippen LogP contribution in [-0.4, -0.2) is 39.0 Å². The summed E-state index contributed by atoms with van der Waals surface area (Å²) in [5.74, 6) is 0.690. The molecule has 0 spiro atoms. The molecule has 0 aliphatic carbocycles. The highest BCUT2D eigenvalue weighted by Crippen LogP contribution is 2.32. The summed E-state index contributed by atoms with van der Waals surface area (Å²) in [6, 6.07) is 14.3. The summed E-state index contributed by atoms with van der Waals surface area (Å²) in [6.45, 7) is 11.6. The van der Waals surface area contributed by atoms with E-state index in [-0.39, 0.29) is 11.8 Å². The Balaban J connectivity index is 1.45. The molecule has 1 N–H and O–H groups in total. The molecule has 7 heteroatoms. The molecule has 1 saturated heterocycles. The number of aryl methyl sites for hydroxylation is 5. The third kappa shape index (κ3) is 4.27. The van der Waals surface area contributed by atoms with Gasteiger partial charge in [0, 0.05) is 18.8 Å². The molecule has 35 heavy (non-hydrogen) atoms. The number of nitrogens with one attached hydrogen (secondary N) is 1. The summed E-state index contributed by atoms with van der Waals surface area (Å²) in [5.41, 5.74) is 8.06. The Labute approximate surface area is 206 Å². The van der Waals surface area contributed by atoms with Gasteiger partial charge in [0.25, 0.3) is 0 Å². The fourth-order valence-corrected chi connectivity index (χ4v) is 5.33. The first-order valence-electron chi connectivity index (χ1n) is 12.2. The number of benzene rings is 2. The highest BCUT2D eigenvalue weighted by Gasteiger charge is 2.30. The van der Waals surface area contributed by atoms with Crippen LogP contribution in [-0.2, 0) is 4.79 Å². The number of carbonyl (C=O) groups is 1. The van der Waals surface area contributed by atoms with Crippen LogP contribution in [0.1, 0.15) is 40.9 Å². The van der Waals surface area contributed by atoms with Crippen LogP contribution in [0, 0.1) is 40.5 Å². The van der Waals surface area contributed by atoms with E-state index in [0.29, 0.717) is 6.54 Å². The van der Waals surface area contributed by atoms with Gasteiger partial charge < -0.3 is 10.2 Å². The van der Waals surface area contributed by atoms with E-state index in [9.17, 15) is 4.79 Å². The van der Waals surface area contributed by atoms with Gasteiger partial charge >= 0.3 is 0 Å². The lowest BCUT2D eigenvalue weighted by Crippen LogP contribution is -2.41. The lowest BCUT2D eigenvalue weighted by molar-refractivity contribution is -0.120. The van der Waals surface area contributed by atoms with Crippen molar-refractivity contribution in [2.45, 2.75) is 47.5 Å². The van der Waals surface area contributed by atoms with Crippen molar-refractivity contribution in [2.75, 3.05) is 23.3 Å². The summed E-state index contributed by atoms with van der Waals surface area (Å²) in [4.78, 5) is 15.5. The minimum Gasteiger partial charge on any atom is -0.352 e. The maximum atomic E-state index is 13.3. The van der Waals surface area contributed by atoms with Crippen molar-refractivity contribution in [1.29, 1.82) is 0 Å². The third-order valence-electron chi connectivity index (χ3n) is 7.00. The Morgan fingerprint density at radius 1 is 1.00 bits per heavy atom. The highest BCUT2D eigenvalue weighted by molar-refractivity contribution is 5.95. The Kier molecular flexibility index (Phi) is 6.01.